The summed E-state index contributed by atoms with van der Waals surface area (Å²) in [5, 5.41) is 0.135. The van der Waals surface area contributed by atoms with Gasteiger partial charge in [0, 0.05) is 0 Å². The number of ketones is 1. The second kappa shape index (κ2) is 5.01. The Morgan fingerprint density at radius 1 is 1.36 bits per heavy atom. The molecule has 1 unspecified atom stereocenters. The van der Waals surface area contributed by atoms with Crippen molar-refractivity contribution in [2.45, 2.75) is 18.7 Å². The van der Waals surface area contributed by atoms with Crippen molar-refractivity contribution in [3.63, 3.8) is 0 Å². The molecule has 76 valence electrons. The highest BCUT2D eigenvalue weighted by molar-refractivity contribution is 6.43. The second-order valence-corrected chi connectivity index (χ2v) is 4.18. The number of carbonyl (C=O) groups excluding carboxylic acids is 1. The van der Waals surface area contributed by atoms with E-state index in [1.165, 1.54) is 0 Å². The molecule has 1 atom stereocenters. The predicted octanol–water partition coefficient (Wildman–Crippen LogP) is 4.19. The van der Waals surface area contributed by atoms with Gasteiger partial charge < -0.3 is 0 Å². The van der Waals surface area contributed by atoms with Crippen molar-refractivity contribution >= 4 is 40.6 Å². The van der Waals surface area contributed by atoms with Crippen LogP contribution < -0.4 is 0 Å². The highest BCUT2D eigenvalue weighted by atomic mass is 35.5. The summed E-state index contributed by atoms with van der Waals surface area (Å²) < 4.78 is 0. The van der Waals surface area contributed by atoms with Gasteiger partial charge in [-0.3, -0.25) is 4.79 Å². The lowest BCUT2D eigenvalue weighted by molar-refractivity contribution is 0.0986. The van der Waals surface area contributed by atoms with E-state index >= 15 is 0 Å². The van der Waals surface area contributed by atoms with Crippen molar-refractivity contribution in [2.75, 3.05) is 0 Å². The van der Waals surface area contributed by atoms with Crippen LogP contribution in [-0.2, 0) is 0 Å². The van der Waals surface area contributed by atoms with Crippen molar-refractivity contribution in [3.8, 4) is 0 Å². The molecule has 1 rings (SSSR count). The average molecular weight is 252 g/mol. The summed E-state index contributed by atoms with van der Waals surface area (Å²) in [6, 6.07) is 4.94. The summed E-state index contributed by atoms with van der Waals surface area (Å²) in [6.45, 7) is 1.83. The summed E-state index contributed by atoms with van der Waals surface area (Å²) in [6.07, 6.45) is 0.557. The van der Waals surface area contributed by atoms with E-state index < -0.39 is 5.38 Å². The second-order valence-electron chi connectivity index (χ2n) is 2.84. The Labute approximate surface area is 98.0 Å². The SMILES string of the molecule is CCC(Cl)C(=O)c1c(Cl)cccc1Cl. The first-order valence-corrected chi connectivity index (χ1v) is 5.39. The van der Waals surface area contributed by atoms with E-state index in [2.05, 4.69) is 0 Å². The topological polar surface area (TPSA) is 17.1 Å². The van der Waals surface area contributed by atoms with Crippen molar-refractivity contribution in [1.29, 1.82) is 0 Å². The zero-order valence-corrected chi connectivity index (χ0v) is 9.83. The molecule has 0 saturated carbocycles. The molecule has 0 aromatic heterocycles. The van der Waals surface area contributed by atoms with Crippen molar-refractivity contribution in [1.82, 2.24) is 0 Å². The lowest BCUT2D eigenvalue weighted by Crippen LogP contribution is -2.14. The predicted molar refractivity (Wildman–Crippen MR) is 60.7 cm³/mol. The van der Waals surface area contributed by atoms with Gasteiger partial charge in [-0.1, -0.05) is 36.2 Å². The highest BCUT2D eigenvalue weighted by Gasteiger charge is 2.20. The van der Waals surface area contributed by atoms with Crippen LogP contribution in [0.15, 0.2) is 18.2 Å². The number of rotatable bonds is 3. The normalized spacial score (nSPS) is 12.6. The summed E-state index contributed by atoms with van der Waals surface area (Å²) in [5.41, 5.74) is 0.317. The molecule has 0 spiro atoms. The van der Waals surface area contributed by atoms with Crippen LogP contribution in [-0.4, -0.2) is 11.2 Å². The summed E-state index contributed by atoms with van der Waals surface area (Å²) in [7, 11) is 0. The van der Waals surface area contributed by atoms with Crippen LogP contribution in [0.5, 0.6) is 0 Å². The molecule has 0 aliphatic carbocycles. The third kappa shape index (κ3) is 2.41. The van der Waals surface area contributed by atoms with Crippen molar-refractivity contribution in [2.24, 2.45) is 0 Å². The molecule has 0 aliphatic rings. The van der Waals surface area contributed by atoms with Crippen LogP contribution >= 0.6 is 34.8 Å². The quantitative estimate of drug-likeness (QED) is 0.581. The number of Topliss-reactive ketones (excluding diaryl/α,β-unsaturated/α-hetero) is 1. The first-order valence-electron chi connectivity index (χ1n) is 4.20. The molecular formula is C10H9Cl3O. The van der Waals surface area contributed by atoms with E-state index in [1.54, 1.807) is 18.2 Å². The van der Waals surface area contributed by atoms with Gasteiger partial charge in [0.1, 0.15) is 0 Å². The maximum Gasteiger partial charge on any atom is 0.183 e. The Morgan fingerprint density at radius 2 is 1.86 bits per heavy atom. The molecule has 4 heteroatoms. The van der Waals surface area contributed by atoms with Gasteiger partial charge in [-0.2, -0.15) is 0 Å². The van der Waals surface area contributed by atoms with Crippen LogP contribution in [0.3, 0.4) is 0 Å². The van der Waals surface area contributed by atoms with Crippen LogP contribution in [0.2, 0.25) is 10.0 Å². The number of halogens is 3. The largest absolute Gasteiger partial charge is 0.292 e. The first-order chi connectivity index (χ1) is 6.57. The Balaban J connectivity index is 3.12. The minimum atomic E-state index is -0.563. The molecule has 1 aromatic rings. The van der Waals surface area contributed by atoms with Crippen molar-refractivity contribution < 1.29 is 4.79 Å². The van der Waals surface area contributed by atoms with Gasteiger partial charge in [0.25, 0.3) is 0 Å². The minimum absolute atomic E-state index is 0.218. The molecule has 1 aromatic carbocycles. The third-order valence-corrected chi connectivity index (χ3v) is 2.99. The summed E-state index contributed by atoms with van der Waals surface area (Å²) in [5.74, 6) is -0.218. The van der Waals surface area contributed by atoms with Gasteiger partial charge in [-0.05, 0) is 18.6 Å². The van der Waals surface area contributed by atoms with E-state index in [-0.39, 0.29) is 5.78 Å². The van der Waals surface area contributed by atoms with Crippen molar-refractivity contribution in [3.05, 3.63) is 33.8 Å². The Morgan fingerprint density at radius 3 is 2.29 bits per heavy atom. The maximum atomic E-state index is 11.7. The van der Waals surface area contributed by atoms with Gasteiger partial charge in [-0.15, -0.1) is 11.6 Å². The van der Waals surface area contributed by atoms with Gasteiger partial charge in [-0.25, -0.2) is 0 Å². The van der Waals surface area contributed by atoms with E-state index in [0.29, 0.717) is 22.0 Å². The molecule has 0 aliphatic heterocycles. The number of carbonyl (C=O) groups is 1. The molecule has 0 heterocycles. The fraction of sp³-hybridized carbons (Fsp3) is 0.300. The summed E-state index contributed by atoms with van der Waals surface area (Å²) in [4.78, 5) is 11.7. The molecule has 0 amide bonds. The smallest absolute Gasteiger partial charge is 0.183 e. The van der Waals surface area contributed by atoms with E-state index in [1.807, 2.05) is 6.92 Å². The maximum absolute atomic E-state index is 11.7. The van der Waals surface area contributed by atoms with E-state index in [0.717, 1.165) is 0 Å². The molecule has 0 bridgehead atoms. The number of benzene rings is 1. The number of alkyl halides is 1. The van der Waals surface area contributed by atoms with Crippen LogP contribution in [0.25, 0.3) is 0 Å². The Bertz CT molecular complexity index is 329. The molecule has 14 heavy (non-hydrogen) atoms. The highest BCUT2D eigenvalue weighted by Crippen LogP contribution is 2.27. The summed E-state index contributed by atoms with van der Waals surface area (Å²) >= 11 is 17.6. The first kappa shape index (κ1) is 11.8. The van der Waals surface area contributed by atoms with Gasteiger partial charge in [0.15, 0.2) is 5.78 Å². The molecule has 0 fully saturated rings. The zero-order valence-electron chi connectivity index (χ0n) is 7.56. The minimum Gasteiger partial charge on any atom is -0.292 e. The van der Waals surface area contributed by atoms with Crippen LogP contribution in [0.1, 0.15) is 23.7 Å². The average Bonchev–Trinajstić information content (AvgIpc) is 2.16. The number of hydrogen-bond acceptors (Lipinski definition) is 1. The third-order valence-electron chi connectivity index (χ3n) is 1.85. The molecular weight excluding hydrogens is 242 g/mol. The lowest BCUT2D eigenvalue weighted by Gasteiger charge is -2.08. The monoisotopic (exact) mass is 250 g/mol. The van der Waals surface area contributed by atoms with E-state index in [4.69, 9.17) is 34.8 Å². The molecule has 0 radical (unpaired) electrons. The van der Waals surface area contributed by atoms with E-state index in [9.17, 15) is 4.79 Å². The molecule has 0 N–H and O–H groups in total. The zero-order chi connectivity index (χ0) is 10.7. The molecule has 1 nitrogen and oxygen atoms in total. The van der Waals surface area contributed by atoms with Crippen LogP contribution in [0.4, 0.5) is 0 Å². The van der Waals surface area contributed by atoms with Gasteiger partial charge in [0.05, 0.1) is 21.0 Å². The van der Waals surface area contributed by atoms with Crippen LogP contribution in [0, 0.1) is 0 Å². The standard InChI is InChI=1S/C10H9Cl3O/c1-2-6(11)10(14)9-7(12)4-3-5-8(9)13/h3-6H,2H2,1H3. The van der Waals surface area contributed by atoms with Gasteiger partial charge in [0.2, 0.25) is 0 Å². The fourth-order valence-corrected chi connectivity index (χ4v) is 1.77. The molecule has 0 saturated heterocycles. The fourth-order valence-electron chi connectivity index (χ4n) is 1.08. The Kier molecular flexibility index (Phi) is 4.24. The number of hydrogen-bond donors (Lipinski definition) is 0. The van der Waals surface area contributed by atoms with Gasteiger partial charge >= 0.3 is 0 Å². The Hall–Kier alpha value is -0.240. The lowest BCUT2D eigenvalue weighted by atomic mass is 10.1.